The largest absolute Gasteiger partial charge is 0.435 e. The second-order valence-corrected chi connectivity index (χ2v) is 6.96. The summed E-state index contributed by atoms with van der Waals surface area (Å²) in [6.07, 6.45) is 2.42. The lowest BCUT2D eigenvalue weighted by Gasteiger charge is -2.10. The van der Waals surface area contributed by atoms with Crippen LogP contribution in [0.15, 0.2) is 54.9 Å². The molecule has 4 rings (SSSR count). The zero-order valence-electron chi connectivity index (χ0n) is 15.9. The number of rotatable bonds is 6. The van der Waals surface area contributed by atoms with Gasteiger partial charge in [-0.2, -0.15) is 5.10 Å². The van der Waals surface area contributed by atoms with Gasteiger partial charge in [-0.25, -0.2) is 4.68 Å². The predicted molar refractivity (Wildman–Crippen MR) is 110 cm³/mol. The van der Waals surface area contributed by atoms with E-state index in [0.29, 0.717) is 28.0 Å². The maximum absolute atomic E-state index is 12.2. The zero-order chi connectivity index (χ0) is 21.1. The Morgan fingerprint density at radius 1 is 1.27 bits per heavy atom. The quantitative estimate of drug-likeness (QED) is 0.487. The van der Waals surface area contributed by atoms with Crippen molar-refractivity contribution in [2.24, 2.45) is 0 Å². The van der Waals surface area contributed by atoms with Gasteiger partial charge in [0.05, 0.1) is 23.5 Å². The molecule has 1 amide bonds. The number of aromatic nitrogens is 5. The van der Waals surface area contributed by atoms with Crippen LogP contribution in [-0.4, -0.2) is 36.2 Å². The van der Waals surface area contributed by atoms with Gasteiger partial charge in [0, 0.05) is 16.5 Å². The van der Waals surface area contributed by atoms with E-state index in [2.05, 4.69) is 25.8 Å². The molecular formula is C20H17ClN6O3. The molecule has 2 aromatic heterocycles. The minimum absolute atomic E-state index is 0.0544. The van der Waals surface area contributed by atoms with Crippen molar-refractivity contribution in [1.82, 2.24) is 25.2 Å². The van der Waals surface area contributed by atoms with Gasteiger partial charge in [0.1, 0.15) is 18.0 Å². The van der Waals surface area contributed by atoms with Crippen molar-refractivity contribution in [2.75, 3.05) is 5.32 Å². The van der Waals surface area contributed by atoms with Crippen LogP contribution in [0.5, 0.6) is 11.6 Å². The number of hydrogen-bond acceptors (Lipinski definition) is 7. The minimum atomic E-state index is -0.750. The third kappa shape index (κ3) is 4.37. The number of hydrogen-bond donors (Lipinski definition) is 2. The van der Waals surface area contributed by atoms with Gasteiger partial charge in [-0.15, -0.1) is 10.2 Å². The number of nitrogens with one attached hydrogen (secondary N) is 1. The highest BCUT2D eigenvalue weighted by molar-refractivity contribution is 6.32. The molecule has 2 heterocycles. The van der Waals surface area contributed by atoms with E-state index in [1.54, 1.807) is 31.3 Å². The number of nitrogens with zero attached hydrogens (tertiary/aromatic N) is 5. The molecule has 4 aromatic rings. The lowest BCUT2D eigenvalue weighted by Crippen LogP contribution is -2.19. The number of aliphatic hydroxyl groups excluding tert-OH is 1. The average Bonchev–Trinajstić information content (AvgIpc) is 3.19. The second kappa shape index (κ2) is 8.44. The van der Waals surface area contributed by atoms with Crippen LogP contribution < -0.4 is 10.1 Å². The summed E-state index contributed by atoms with van der Waals surface area (Å²) >= 11 is 6.33. The Hall–Kier alpha value is -3.56. The van der Waals surface area contributed by atoms with E-state index in [4.69, 9.17) is 16.3 Å². The molecule has 0 saturated heterocycles. The Balaban J connectivity index is 1.45. The number of halogens is 1. The van der Waals surface area contributed by atoms with Crippen LogP contribution in [0, 0.1) is 0 Å². The molecule has 2 N–H and O–H groups in total. The Kier molecular flexibility index (Phi) is 5.55. The molecule has 0 saturated carbocycles. The number of ether oxygens (including phenoxy) is 1. The Morgan fingerprint density at radius 3 is 2.87 bits per heavy atom. The summed E-state index contributed by atoms with van der Waals surface area (Å²) in [5.74, 6) is 0.409. The summed E-state index contributed by atoms with van der Waals surface area (Å²) in [6, 6.07) is 12.5. The summed E-state index contributed by atoms with van der Waals surface area (Å²) in [6.45, 7) is 1.52. The van der Waals surface area contributed by atoms with Crippen LogP contribution in [0.3, 0.4) is 0 Å². The number of benzene rings is 2. The van der Waals surface area contributed by atoms with E-state index in [-0.39, 0.29) is 12.5 Å². The van der Waals surface area contributed by atoms with Gasteiger partial charge < -0.3 is 15.2 Å². The monoisotopic (exact) mass is 424 g/mol. The molecule has 0 spiro atoms. The first-order chi connectivity index (χ1) is 14.5. The van der Waals surface area contributed by atoms with Crippen LogP contribution in [0.25, 0.3) is 10.8 Å². The van der Waals surface area contributed by atoms with Crippen molar-refractivity contribution >= 4 is 34.0 Å². The van der Waals surface area contributed by atoms with Crippen molar-refractivity contribution in [3.8, 4) is 11.6 Å². The van der Waals surface area contributed by atoms with Crippen molar-refractivity contribution in [3.05, 3.63) is 65.6 Å². The van der Waals surface area contributed by atoms with Crippen LogP contribution in [0.2, 0.25) is 5.02 Å². The van der Waals surface area contributed by atoms with Crippen molar-refractivity contribution in [1.29, 1.82) is 0 Å². The molecule has 0 radical (unpaired) electrons. The van der Waals surface area contributed by atoms with Crippen LogP contribution in [0.4, 0.5) is 5.69 Å². The van der Waals surface area contributed by atoms with Gasteiger partial charge in [0.25, 0.3) is 0 Å². The molecular weight excluding hydrogens is 408 g/mol. The normalized spacial score (nSPS) is 12.0. The van der Waals surface area contributed by atoms with Crippen molar-refractivity contribution < 1.29 is 14.6 Å². The fourth-order valence-corrected chi connectivity index (χ4v) is 2.99. The lowest BCUT2D eigenvalue weighted by molar-refractivity contribution is -0.116. The number of carbonyl (C=O) groups is 1. The second-order valence-electron chi connectivity index (χ2n) is 6.55. The van der Waals surface area contributed by atoms with Gasteiger partial charge in [-0.1, -0.05) is 35.0 Å². The summed E-state index contributed by atoms with van der Waals surface area (Å²) < 4.78 is 7.18. The minimum Gasteiger partial charge on any atom is -0.435 e. The highest BCUT2D eigenvalue weighted by Gasteiger charge is 2.12. The Labute approximate surface area is 176 Å². The maximum Gasteiger partial charge on any atom is 0.246 e. The SMILES string of the molecule is CC(O)c1cn(CC(=O)Nc2ccc(Oc3nncc4ccccc34)c(Cl)c2)nn1. The smallest absolute Gasteiger partial charge is 0.246 e. The van der Waals surface area contributed by atoms with Gasteiger partial charge >= 0.3 is 0 Å². The summed E-state index contributed by atoms with van der Waals surface area (Å²) in [5.41, 5.74) is 0.890. The number of amides is 1. The third-order valence-electron chi connectivity index (χ3n) is 4.25. The summed E-state index contributed by atoms with van der Waals surface area (Å²) in [4.78, 5) is 12.2. The average molecular weight is 425 g/mol. The van der Waals surface area contributed by atoms with E-state index in [1.165, 1.54) is 10.9 Å². The fraction of sp³-hybridized carbons (Fsp3) is 0.150. The zero-order valence-corrected chi connectivity index (χ0v) is 16.6. The van der Waals surface area contributed by atoms with Gasteiger partial charge in [0.2, 0.25) is 11.8 Å². The summed E-state index contributed by atoms with van der Waals surface area (Å²) in [7, 11) is 0. The molecule has 0 aliphatic rings. The van der Waals surface area contributed by atoms with E-state index in [1.807, 2.05) is 24.3 Å². The van der Waals surface area contributed by atoms with Gasteiger partial charge in [0.15, 0.2) is 0 Å². The van der Waals surface area contributed by atoms with E-state index in [0.717, 1.165) is 10.8 Å². The van der Waals surface area contributed by atoms with E-state index >= 15 is 0 Å². The molecule has 30 heavy (non-hydrogen) atoms. The molecule has 9 nitrogen and oxygen atoms in total. The molecule has 2 aromatic carbocycles. The molecule has 0 aliphatic carbocycles. The fourth-order valence-electron chi connectivity index (χ4n) is 2.77. The first kappa shape index (κ1) is 19.7. The highest BCUT2D eigenvalue weighted by Crippen LogP contribution is 2.33. The lowest BCUT2D eigenvalue weighted by atomic mass is 10.2. The molecule has 152 valence electrons. The van der Waals surface area contributed by atoms with Crippen LogP contribution in [-0.2, 0) is 11.3 Å². The number of aliphatic hydroxyl groups is 1. The van der Waals surface area contributed by atoms with Gasteiger partial charge in [-0.05, 0) is 31.2 Å². The number of anilines is 1. The first-order valence-electron chi connectivity index (χ1n) is 9.05. The Morgan fingerprint density at radius 2 is 2.10 bits per heavy atom. The molecule has 0 aliphatic heterocycles. The number of carbonyl (C=O) groups excluding carboxylic acids is 1. The van der Waals surface area contributed by atoms with Crippen molar-refractivity contribution in [2.45, 2.75) is 19.6 Å². The standard InChI is InChI=1S/C20H17ClN6O3/c1-12(28)17-10-27(26-24-17)11-19(29)23-14-6-7-18(16(21)8-14)30-20-15-5-3-2-4-13(15)9-22-25-20/h2-10,12,28H,11H2,1H3,(H,23,29). The third-order valence-corrected chi connectivity index (χ3v) is 4.54. The van der Waals surface area contributed by atoms with Crippen molar-refractivity contribution in [3.63, 3.8) is 0 Å². The van der Waals surface area contributed by atoms with Crippen LogP contribution in [0.1, 0.15) is 18.7 Å². The highest BCUT2D eigenvalue weighted by atomic mass is 35.5. The maximum atomic E-state index is 12.2. The molecule has 0 fully saturated rings. The van der Waals surface area contributed by atoms with E-state index < -0.39 is 6.10 Å². The predicted octanol–water partition coefficient (Wildman–Crippen LogP) is 3.36. The van der Waals surface area contributed by atoms with Gasteiger partial charge in [-0.3, -0.25) is 4.79 Å². The Bertz CT molecular complexity index is 1200. The van der Waals surface area contributed by atoms with Crippen LogP contribution >= 0.6 is 11.6 Å². The van der Waals surface area contributed by atoms with E-state index in [9.17, 15) is 9.90 Å². The topological polar surface area (TPSA) is 115 Å². The molecule has 1 atom stereocenters. The molecule has 10 heteroatoms. The molecule has 0 bridgehead atoms. The molecule has 1 unspecified atom stereocenters. The summed E-state index contributed by atoms with van der Waals surface area (Å²) in [5, 5.41) is 29.8. The first-order valence-corrected chi connectivity index (χ1v) is 9.43. The number of fused-ring (bicyclic) bond motifs is 1.